The normalized spacial score (nSPS) is 14.2. The summed E-state index contributed by atoms with van der Waals surface area (Å²) in [6, 6.07) is 2.30. The van der Waals surface area contributed by atoms with E-state index >= 15 is 0 Å². The lowest BCUT2D eigenvalue weighted by atomic mass is 9.96. The lowest BCUT2D eigenvalue weighted by Gasteiger charge is -2.28. The number of amides is 6. The van der Waals surface area contributed by atoms with Gasteiger partial charge in [-0.25, -0.2) is 0 Å². The number of unbranched alkanes of at least 4 members (excludes halogenated alkanes) is 3. The molecule has 0 fully saturated rings. The van der Waals surface area contributed by atoms with Crippen molar-refractivity contribution in [2.45, 2.75) is 115 Å². The Hall–Kier alpha value is -4.68. The number of nitrogens with two attached hydrogens (primary N) is 3. The Morgan fingerprint density at radius 2 is 1.25 bits per heavy atom. The number of rotatable bonds is 40. The van der Waals surface area contributed by atoms with Crippen LogP contribution in [-0.4, -0.2) is 173 Å². The van der Waals surface area contributed by atoms with Gasteiger partial charge >= 0.3 is 0 Å². The molecule has 68 heavy (non-hydrogen) atoms. The Balaban J connectivity index is 2.61. The van der Waals surface area contributed by atoms with E-state index in [2.05, 4.69) is 36.9 Å². The molecule has 0 aliphatic heterocycles. The minimum Gasteiger partial charge on any atom is -0.394 e. The number of carbonyl (C=O) groups excluding carboxylic acids is 6. The number of carbonyl (C=O) groups is 6. The minimum atomic E-state index is -1.60. The zero-order valence-corrected chi connectivity index (χ0v) is 40.8. The van der Waals surface area contributed by atoms with E-state index in [1.54, 1.807) is 37.3 Å². The number of aliphatic imine (C=N–C) groups is 1. The van der Waals surface area contributed by atoms with Crippen molar-refractivity contribution in [3.8, 4) is 0 Å². The molecule has 0 unspecified atom stereocenters. The van der Waals surface area contributed by atoms with Gasteiger partial charge in [0, 0.05) is 45.0 Å². The lowest BCUT2D eigenvalue weighted by Crippen LogP contribution is -2.61. The molecule has 22 nitrogen and oxygen atoms in total. The molecule has 0 saturated heterocycles. The van der Waals surface area contributed by atoms with E-state index in [9.17, 15) is 39.0 Å². The van der Waals surface area contributed by atoms with Crippen molar-refractivity contribution in [2.75, 3.05) is 85.0 Å². The summed E-state index contributed by atoms with van der Waals surface area (Å²) < 4.78 is 21.9. The third-order valence-electron chi connectivity index (χ3n) is 10.4. The van der Waals surface area contributed by atoms with Gasteiger partial charge in [0.1, 0.15) is 24.2 Å². The first-order valence-corrected chi connectivity index (χ1v) is 23.9. The monoisotopic (exact) mass is 987 g/mol. The zero-order chi connectivity index (χ0) is 50.5. The van der Waals surface area contributed by atoms with Crippen LogP contribution in [-0.2, 0) is 54.1 Å². The predicted molar refractivity (Wildman–Crippen MR) is 257 cm³/mol. The number of guanidine groups is 1. The Morgan fingerprint density at radius 1 is 0.676 bits per heavy atom. The van der Waals surface area contributed by atoms with E-state index in [4.69, 9.17) is 47.7 Å². The molecule has 7 atom stereocenters. The maximum absolute atomic E-state index is 13.8. The van der Waals surface area contributed by atoms with Crippen LogP contribution in [0.5, 0.6) is 0 Å². The molecule has 388 valence electrons. The maximum Gasteiger partial charge on any atom is 0.245 e. The summed E-state index contributed by atoms with van der Waals surface area (Å²) in [5.74, 6) is -3.82. The molecule has 0 aromatic heterocycles. The van der Waals surface area contributed by atoms with Crippen molar-refractivity contribution < 1.29 is 57.9 Å². The number of nitrogens with zero attached hydrogens (tertiary/aromatic N) is 1. The molecule has 1 aromatic carbocycles. The fourth-order valence-electron chi connectivity index (χ4n) is 6.23. The number of aliphatic hydroxyl groups is 2. The third kappa shape index (κ3) is 28.6. The first-order chi connectivity index (χ1) is 32.6. The van der Waals surface area contributed by atoms with Gasteiger partial charge < -0.3 is 78.3 Å². The van der Waals surface area contributed by atoms with E-state index in [1.807, 2.05) is 6.92 Å². The highest BCUT2D eigenvalue weighted by molar-refractivity contribution is 6.17. The van der Waals surface area contributed by atoms with Crippen LogP contribution in [0.25, 0.3) is 0 Å². The summed E-state index contributed by atoms with van der Waals surface area (Å²) >= 11 is 5.66. The second-order valence-corrected chi connectivity index (χ2v) is 16.5. The summed E-state index contributed by atoms with van der Waals surface area (Å²) in [5.41, 5.74) is 17.5. The first kappa shape index (κ1) is 61.3. The maximum atomic E-state index is 13.8. The van der Waals surface area contributed by atoms with Crippen LogP contribution in [0.1, 0.15) is 77.7 Å². The van der Waals surface area contributed by atoms with Crippen LogP contribution in [0.4, 0.5) is 0 Å². The van der Waals surface area contributed by atoms with E-state index in [-0.39, 0.29) is 76.6 Å². The van der Waals surface area contributed by atoms with Crippen molar-refractivity contribution in [1.82, 2.24) is 31.9 Å². The Labute approximate surface area is 405 Å². The van der Waals surface area contributed by atoms with Crippen LogP contribution >= 0.6 is 11.6 Å². The van der Waals surface area contributed by atoms with Gasteiger partial charge in [-0.05, 0) is 44.1 Å². The second-order valence-electron chi connectivity index (χ2n) is 16.1. The molecule has 0 aliphatic rings. The van der Waals surface area contributed by atoms with Gasteiger partial charge in [0.05, 0.1) is 65.0 Å². The lowest BCUT2D eigenvalue weighted by molar-refractivity contribution is -0.136. The van der Waals surface area contributed by atoms with Gasteiger partial charge in [0.15, 0.2) is 5.96 Å². The number of aliphatic hydroxyl groups excluding tert-OH is 2. The largest absolute Gasteiger partial charge is 0.394 e. The van der Waals surface area contributed by atoms with Gasteiger partial charge in [-0.15, -0.1) is 11.6 Å². The smallest absolute Gasteiger partial charge is 0.245 e. The van der Waals surface area contributed by atoms with Crippen molar-refractivity contribution in [1.29, 1.82) is 0 Å². The minimum absolute atomic E-state index is 0.00797. The average molecular weight is 988 g/mol. The number of hydrogen-bond donors (Lipinski definition) is 11. The van der Waals surface area contributed by atoms with E-state index in [1.165, 1.54) is 6.92 Å². The summed E-state index contributed by atoms with van der Waals surface area (Å²) in [6.07, 6.45) is 4.09. The quantitative estimate of drug-likeness (QED) is 0.0154. The Bertz CT molecular complexity index is 1610. The number of hydrogen-bond acceptors (Lipinski definition) is 14. The van der Waals surface area contributed by atoms with Gasteiger partial charge in [-0.3, -0.25) is 33.8 Å². The summed E-state index contributed by atoms with van der Waals surface area (Å²) in [4.78, 5) is 82.9. The van der Waals surface area contributed by atoms with Crippen molar-refractivity contribution >= 4 is 53.0 Å². The fourth-order valence-corrected chi connectivity index (χ4v) is 6.42. The van der Waals surface area contributed by atoms with E-state index in [0.29, 0.717) is 57.3 Å². The molecule has 0 saturated carbocycles. The van der Waals surface area contributed by atoms with Crippen molar-refractivity contribution in [3.05, 3.63) is 35.9 Å². The standard InChI is InChI=1S/C45H79ClN10O12/c1-4-31(2)38(55-40(60)34(47)15-12-18-52-45(48)49)44(64)53-35(29-33-13-8-7-9-14-33)41(61)54-36(30-57)42(62)56-39(32(3)58)43(63)51-20-24-68-28-26-66-22-16-37(59)50-19-23-67-27-25-65-21-11-6-5-10-17-46/h7-9,13-14,31-32,34-36,38-39,57-58H,4-6,10-12,15-30,47H2,1-3H3,(H,50,59)(H,51,63)(H,53,64)(H,54,61)(H,55,60)(H,56,62)(H4,48,49,52)/t31-,32+,34-,35-,36-,38-,39-/m0/s1. The number of ether oxygens (including phenoxy) is 4. The van der Waals surface area contributed by atoms with Crippen molar-refractivity contribution in [2.24, 2.45) is 28.1 Å². The van der Waals surface area contributed by atoms with Crippen LogP contribution in [0, 0.1) is 5.92 Å². The molecule has 0 aliphatic carbocycles. The molecule has 0 spiro atoms. The topological polar surface area (TPSA) is 342 Å². The van der Waals surface area contributed by atoms with Gasteiger partial charge in [0.25, 0.3) is 0 Å². The predicted octanol–water partition coefficient (Wildman–Crippen LogP) is -1.54. The van der Waals surface area contributed by atoms with Crippen LogP contribution in [0.3, 0.4) is 0 Å². The van der Waals surface area contributed by atoms with Crippen LogP contribution < -0.4 is 49.1 Å². The average Bonchev–Trinajstić information content (AvgIpc) is 3.31. The fraction of sp³-hybridized carbons (Fsp3) is 0.711. The van der Waals surface area contributed by atoms with E-state index < -0.39 is 72.5 Å². The Kier molecular flexibility index (Phi) is 34.5. The molecule has 14 N–H and O–H groups in total. The summed E-state index contributed by atoms with van der Waals surface area (Å²) in [5, 5.41) is 36.1. The zero-order valence-electron chi connectivity index (χ0n) is 40.0. The summed E-state index contributed by atoms with van der Waals surface area (Å²) in [7, 11) is 0. The highest BCUT2D eigenvalue weighted by Crippen LogP contribution is 2.12. The van der Waals surface area contributed by atoms with Gasteiger partial charge in [-0.1, -0.05) is 63.4 Å². The molecule has 1 aromatic rings. The Morgan fingerprint density at radius 3 is 1.85 bits per heavy atom. The number of alkyl halides is 1. The molecule has 23 heteroatoms. The molecule has 0 radical (unpaired) electrons. The highest BCUT2D eigenvalue weighted by atomic mass is 35.5. The van der Waals surface area contributed by atoms with Gasteiger partial charge in [-0.2, -0.15) is 0 Å². The number of benzene rings is 1. The van der Waals surface area contributed by atoms with E-state index in [0.717, 1.165) is 25.7 Å². The SMILES string of the molecule is CC[C@H](C)[C@H](NC(=O)[C@@H](N)CCCN=C(N)N)C(=O)N[C@@H](Cc1ccccc1)C(=O)N[C@@H](CO)C(=O)N[C@H](C(=O)NCCOCCOCCC(=O)NCCOCCOCCCCCCCl)[C@@H](C)O. The van der Waals surface area contributed by atoms with Crippen molar-refractivity contribution in [3.63, 3.8) is 0 Å². The highest BCUT2D eigenvalue weighted by Gasteiger charge is 2.34. The molecular formula is C45H79ClN10O12. The molecule has 0 heterocycles. The number of halogens is 1. The van der Waals surface area contributed by atoms with Crippen LogP contribution in [0.2, 0.25) is 0 Å². The molecule has 6 amide bonds. The third-order valence-corrected chi connectivity index (χ3v) is 10.7. The molecular weight excluding hydrogens is 908 g/mol. The molecule has 1 rings (SSSR count). The molecule has 0 bridgehead atoms. The van der Waals surface area contributed by atoms with Gasteiger partial charge in [0.2, 0.25) is 35.4 Å². The first-order valence-electron chi connectivity index (χ1n) is 23.4. The number of nitrogens with one attached hydrogen (secondary N) is 6. The summed E-state index contributed by atoms with van der Waals surface area (Å²) in [6.45, 7) is 7.23. The second kappa shape index (κ2) is 38.2. The van der Waals surface area contributed by atoms with Crippen LogP contribution in [0.15, 0.2) is 35.3 Å².